The van der Waals surface area contributed by atoms with Gasteiger partial charge in [-0.05, 0) is 31.0 Å². The van der Waals surface area contributed by atoms with Crippen LogP contribution in [0.3, 0.4) is 0 Å². The van der Waals surface area contributed by atoms with Crippen molar-refractivity contribution in [2.75, 3.05) is 29.9 Å². The van der Waals surface area contributed by atoms with Crippen molar-refractivity contribution >= 4 is 34.3 Å². The van der Waals surface area contributed by atoms with Crippen molar-refractivity contribution in [2.45, 2.75) is 19.0 Å². The molecule has 0 aliphatic carbocycles. The molecule has 4 heterocycles. The van der Waals surface area contributed by atoms with Gasteiger partial charge in [-0.15, -0.1) is 0 Å². The topological polar surface area (TPSA) is 99.2 Å². The summed E-state index contributed by atoms with van der Waals surface area (Å²) in [5, 5.41) is 3.56. The number of nitrogens with one attached hydrogen (secondary N) is 2. The summed E-state index contributed by atoms with van der Waals surface area (Å²) in [7, 11) is 0. The molecule has 1 fully saturated rings. The molecule has 0 radical (unpaired) electrons. The second kappa shape index (κ2) is 11.7. The van der Waals surface area contributed by atoms with Crippen LogP contribution in [0.4, 0.5) is 24.8 Å². The van der Waals surface area contributed by atoms with E-state index in [0.29, 0.717) is 25.9 Å². The number of aromatic nitrogens is 4. The number of benzene rings is 2. The number of carbonyl (C=O) groups is 1. The van der Waals surface area contributed by atoms with Gasteiger partial charge in [-0.25, -0.2) is 15.0 Å². The Morgan fingerprint density at radius 2 is 1.60 bits per heavy atom. The average Bonchev–Trinajstić information content (AvgIpc) is 3.52. The molecule has 0 unspecified atom stereocenters. The smallest absolute Gasteiger partial charge is 0.356 e. The fraction of sp³-hybridized carbons (Fsp3) is 0.219. The fourth-order valence-electron chi connectivity index (χ4n) is 5.41. The van der Waals surface area contributed by atoms with Crippen molar-refractivity contribution in [2.24, 2.45) is 10.4 Å². The number of piperidine rings is 1. The van der Waals surface area contributed by atoms with Gasteiger partial charge in [0.2, 0.25) is 5.91 Å². The van der Waals surface area contributed by atoms with Crippen molar-refractivity contribution in [1.82, 2.24) is 19.9 Å². The Balaban J connectivity index is 1.34. The third-order valence-electron chi connectivity index (χ3n) is 7.80. The van der Waals surface area contributed by atoms with Gasteiger partial charge in [-0.1, -0.05) is 60.7 Å². The van der Waals surface area contributed by atoms with Crippen LogP contribution < -0.4 is 10.2 Å². The van der Waals surface area contributed by atoms with E-state index in [9.17, 15) is 18.0 Å². The molecule has 218 valence electrons. The highest BCUT2D eigenvalue weighted by molar-refractivity contribution is 6.13. The van der Waals surface area contributed by atoms with Gasteiger partial charge in [0.05, 0.1) is 28.6 Å². The van der Waals surface area contributed by atoms with Gasteiger partial charge >= 0.3 is 6.18 Å². The number of rotatable bonds is 7. The maximum Gasteiger partial charge on any atom is 0.416 e. The molecule has 0 bridgehead atoms. The zero-order valence-corrected chi connectivity index (χ0v) is 23.1. The van der Waals surface area contributed by atoms with Crippen LogP contribution in [0, 0.1) is 5.41 Å². The maximum absolute atomic E-state index is 14.0. The van der Waals surface area contributed by atoms with Crippen molar-refractivity contribution in [3.05, 3.63) is 114 Å². The number of hydrogen-bond donors (Lipinski definition) is 2. The third-order valence-corrected chi connectivity index (χ3v) is 7.80. The number of H-pyrrole nitrogens is 1. The van der Waals surface area contributed by atoms with Crippen LogP contribution in [0.25, 0.3) is 11.0 Å². The van der Waals surface area contributed by atoms with Gasteiger partial charge in [0.1, 0.15) is 23.6 Å². The summed E-state index contributed by atoms with van der Waals surface area (Å²) in [6.45, 7) is 1.11. The largest absolute Gasteiger partial charge is 0.416 e. The van der Waals surface area contributed by atoms with Crippen molar-refractivity contribution in [1.29, 1.82) is 0 Å². The Hall–Kier alpha value is -5.06. The number of aromatic amines is 1. The summed E-state index contributed by atoms with van der Waals surface area (Å²) in [4.78, 5) is 37.0. The minimum atomic E-state index is -4.56. The van der Waals surface area contributed by atoms with Crippen LogP contribution in [0.5, 0.6) is 0 Å². The van der Waals surface area contributed by atoms with Crippen molar-refractivity contribution in [3.8, 4) is 0 Å². The molecular formula is C32H28F3N7O. The first-order valence-corrected chi connectivity index (χ1v) is 13.9. The monoisotopic (exact) mass is 583 g/mol. The molecule has 3 aromatic heterocycles. The lowest BCUT2D eigenvalue weighted by atomic mass is 9.77. The quantitative estimate of drug-likeness (QED) is 0.225. The number of alkyl halides is 3. The summed E-state index contributed by atoms with van der Waals surface area (Å²) < 4.78 is 40.1. The number of aliphatic imine (C=N–C) groups is 1. The number of fused-ring (bicyclic) bond motifs is 1. The Morgan fingerprint density at radius 1 is 0.930 bits per heavy atom. The van der Waals surface area contributed by atoms with Crippen LogP contribution in [-0.2, 0) is 11.0 Å². The van der Waals surface area contributed by atoms with E-state index in [2.05, 4.69) is 30.2 Å². The van der Waals surface area contributed by atoms with Gasteiger partial charge in [-0.3, -0.25) is 9.79 Å². The van der Waals surface area contributed by atoms with E-state index < -0.39 is 23.1 Å². The molecule has 2 aromatic carbocycles. The molecule has 43 heavy (non-hydrogen) atoms. The molecule has 1 aliphatic heterocycles. The Morgan fingerprint density at radius 3 is 2.26 bits per heavy atom. The van der Waals surface area contributed by atoms with Crippen LogP contribution in [0.15, 0.2) is 103 Å². The molecule has 5 aromatic rings. The van der Waals surface area contributed by atoms with Gasteiger partial charge < -0.3 is 15.2 Å². The molecule has 8 nitrogen and oxygen atoms in total. The van der Waals surface area contributed by atoms with Crippen LogP contribution >= 0.6 is 0 Å². The molecule has 0 spiro atoms. The molecular weight excluding hydrogens is 555 g/mol. The summed E-state index contributed by atoms with van der Waals surface area (Å²) in [5.41, 5.74) is 1.36. The van der Waals surface area contributed by atoms with Crippen LogP contribution in [-0.4, -0.2) is 51.2 Å². The van der Waals surface area contributed by atoms with E-state index in [1.807, 2.05) is 66.7 Å². The first kappa shape index (κ1) is 28.1. The number of carbonyl (C=O) groups excluding carboxylic acids is 1. The maximum atomic E-state index is 14.0. The lowest BCUT2D eigenvalue weighted by molar-refractivity contribution is -0.137. The highest BCUT2D eigenvalue weighted by Gasteiger charge is 2.42. The molecule has 1 aliphatic rings. The van der Waals surface area contributed by atoms with E-state index >= 15 is 0 Å². The minimum Gasteiger partial charge on any atom is -0.356 e. The third kappa shape index (κ3) is 5.97. The average molecular weight is 584 g/mol. The normalized spacial score (nSPS) is 14.8. The number of pyridine rings is 1. The lowest BCUT2D eigenvalue weighted by Gasteiger charge is -2.40. The SMILES string of the molecule is O=C(Nc1cc(C(F)(F)F)ccn1)C1(CN=C(c2ccccc2)c2ccccc2)CCN(c2ncnc3[nH]ccc23)CC1. The lowest BCUT2D eigenvalue weighted by Crippen LogP contribution is -2.49. The van der Waals surface area contributed by atoms with Gasteiger partial charge in [0, 0.05) is 36.6 Å². The molecule has 2 N–H and O–H groups in total. The zero-order valence-electron chi connectivity index (χ0n) is 23.1. The number of anilines is 2. The number of hydrogen-bond acceptors (Lipinski definition) is 6. The highest BCUT2D eigenvalue weighted by atomic mass is 19.4. The zero-order chi connectivity index (χ0) is 29.9. The van der Waals surface area contributed by atoms with Crippen molar-refractivity contribution in [3.63, 3.8) is 0 Å². The molecule has 1 amide bonds. The van der Waals surface area contributed by atoms with Gasteiger partial charge in [-0.2, -0.15) is 13.2 Å². The minimum absolute atomic E-state index is 0.133. The Kier molecular flexibility index (Phi) is 7.62. The van der Waals surface area contributed by atoms with Crippen molar-refractivity contribution < 1.29 is 18.0 Å². The van der Waals surface area contributed by atoms with E-state index in [1.165, 1.54) is 6.33 Å². The standard InChI is InChI=1S/C32H28F3N7O/c33-32(34,35)24-11-15-36-26(19-24)41-30(43)31(13-17-42(18-14-31)29-25-12-16-37-28(25)39-21-40-29)20-38-27(22-7-3-1-4-8-22)23-9-5-2-6-10-23/h1-12,15-16,19,21H,13-14,17-18,20H2,(H,36,41,43)(H,37,39,40). The Labute approximate surface area is 245 Å². The molecule has 0 atom stereocenters. The van der Waals surface area contributed by atoms with E-state index in [1.54, 1.807) is 6.20 Å². The number of halogens is 3. The van der Waals surface area contributed by atoms with E-state index in [-0.39, 0.29) is 12.4 Å². The number of nitrogens with zero attached hydrogens (tertiary/aromatic N) is 5. The molecule has 11 heteroatoms. The first-order chi connectivity index (χ1) is 20.8. The van der Waals surface area contributed by atoms with Gasteiger partial charge in [0.25, 0.3) is 0 Å². The van der Waals surface area contributed by atoms with Crippen LogP contribution in [0.1, 0.15) is 29.5 Å². The summed E-state index contributed by atoms with van der Waals surface area (Å²) in [6, 6.07) is 23.1. The summed E-state index contributed by atoms with van der Waals surface area (Å²) in [6.07, 6.45) is 0.583. The molecule has 1 saturated heterocycles. The second-order valence-corrected chi connectivity index (χ2v) is 10.5. The predicted octanol–water partition coefficient (Wildman–Crippen LogP) is 6.13. The summed E-state index contributed by atoms with van der Waals surface area (Å²) in [5.74, 6) is 0.192. The summed E-state index contributed by atoms with van der Waals surface area (Å²) >= 11 is 0. The van der Waals surface area contributed by atoms with Gasteiger partial charge in [0.15, 0.2) is 0 Å². The predicted molar refractivity (Wildman–Crippen MR) is 159 cm³/mol. The highest BCUT2D eigenvalue weighted by Crippen LogP contribution is 2.37. The molecule has 6 rings (SSSR count). The second-order valence-electron chi connectivity index (χ2n) is 10.5. The Bertz CT molecular complexity index is 1700. The van der Waals surface area contributed by atoms with Crippen LogP contribution in [0.2, 0.25) is 0 Å². The molecule has 0 saturated carbocycles. The van der Waals surface area contributed by atoms with E-state index in [4.69, 9.17) is 4.99 Å². The van der Waals surface area contributed by atoms with E-state index in [0.717, 1.165) is 52.0 Å². The fourth-order valence-corrected chi connectivity index (χ4v) is 5.41. The number of amides is 1. The first-order valence-electron chi connectivity index (χ1n) is 13.9.